The van der Waals surface area contributed by atoms with Gasteiger partial charge in [0.05, 0.1) is 0 Å². The zero-order valence-corrected chi connectivity index (χ0v) is 8.36. The van der Waals surface area contributed by atoms with Gasteiger partial charge in [-0.3, -0.25) is 0 Å². The molecule has 0 N–H and O–H groups in total. The highest BCUT2D eigenvalue weighted by Gasteiger charge is 2.12. The standard InChI is InChI=1S/C8H19Si/c1-8(2)6-7-9(3,4)5/h6,8H,7H2,1-5H3. The Balaban J connectivity index is 3.28. The molecule has 0 spiro atoms. The van der Waals surface area contributed by atoms with Crippen molar-refractivity contribution in [2.24, 2.45) is 5.92 Å². The van der Waals surface area contributed by atoms with Gasteiger partial charge in [0.25, 0.3) is 0 Å². The molecule has 0 atom stereocenters. The van der Waals surface area contributed by atoms with Gasteiger partial charge >= 0.3 is 0 Å². The minimum atomic E-state index is -0.776. The van der Waals surface area contributed by atoms with E-state index in [1.807, 2.05) is 0 Å². The molecule has 0 aliphatic carbocycles. The van der Waals surface area contributed by atoms with Crippen LogP contribution in [0.4, 0.5) is 0 Å². The predicted molar refractivity (Wildman–Crippen MR) is 47.3 cm³/mol. The second kappa shape index (κ2) is 3.40. The van der Waals surface area contributed by atoms with Crippen LogP contribution in [0.5, 0.6) is 0 Å². The molecular weight excluding hydrogens is 124 g/mol. The van der Waals surface area contributed by atoms with Crippen LogP contribution in [0.15, 0.2) is 0 Å². The van der Waals surface area contributed by atoms with Crippen molar-refractivity contribution in [3.63, 3.8) is 0 Å². The van der Waals surface area contributed by atoms with E-state index < -0.39 is 8.07 Å². The molecule has 0 fully saturated rings. The highest BCUT2D eigenvalue weighted by molar-refractivity contribution is 6.76. The zero-order valence-electron chi connectivity index (χ0n) is 7.36. The van der Waals surface area contributed by atoms with Crippen molar-refractivity contribution in [2.75, 3.05) is 0 Å². The molecule has 0 amide bonds. The first-order valence-corrected chi connectivity index (χ1v) is 7.46. The van der Waals surface area contributed by atoms with Crippen molar-refractivity contribution >= 4 is 8.07 Å². The van der Waals surface area contributed by atoms with Crippen molar-refractivity contribution < 1.29 is 0 Å². The van der Waals surface area contributed by atoms with Crippen LogP contribution in [0.3, 0.4) is 0 Å². The lowest BCUT2D eigenvalue weighted by Gasteiger charge is -2.16. The summed E-state index contributed by atoms with van der Waals surface area (Å²) < 4.78 is 0. The SMILES string of the molecule is CC(C)[CH]C[Si](C)(C)C. The molecule has 1 heteroatoms. The summed E-state index contributed by atoms with van der Waals surface area (Å²) in [6.45, 7) is 11.7. The Hall–Kier alpha value is 0.217. The van der Waals surface area contributed by atoms with Gasteiger partial charge in [0.15, 0.2) is 0 Å². The Morgan fingerprint density at radius 2 is 1.67 bits per heavy atom. The van der Waals surface area contributed by atoms with Gasteiger partial charge in [-0.1, -0.05) is 39.5 Å². The first-order valence-electron chi connectivity index (χ1n) is 3.75. The van der Waals surface area contributed by atoms with Crippen LogP contribution in [0, 0.1) is 12.3 Å². The average Bonchev–Trinajstić information content (AvgIpc) is 1.59. The van der Waals surface area contributed by atoms with Gasteiger partial charge in [-0.25, -0.2) is 0 Å². The van der Waals surface area contributed by atoms with E-state index in [9.17, 15) is 0 Å². The summed E-state index contributed by atoms with van der Waals surface area (Å²) in [5.41, 5.74) is 0. The van der Waals surface area contributed by atoms with Crippen molar-refractivity contribution in [3.05, 3.63) is 6.42 Å². The maximum atomic E-state index is 2.44. The minimum Gasteiger partial charge on any atom is -0.0695 e. The van der Waals surface area contributed by atoms with Gasteiger partial charge in [0, 0.05) is 8.07 Å². The van der Waals surface area contributed by atoms with E-state index in [4.69, 9.17) is 0 Å². The third-order valence-corrected chi connectivity index (χ3v) is 2.66. The topological polar surface area (TPSA) is 0 Å². The van der Waals surface area contributed by atoms with Gasteiger partial charge < -0.3 is 0 Å². The molecule has 0 unspecified atom stereocenters. The molecule has 9 heavy (non-hydrogen) atoms. The van der Waals surface area contributed by atoms with Crippen molar-refractivity contribution in [1.82, 2.24) is 0 Å². The Morgan fingerprint density at radius 3 is 1.78 bits per heavy atom. The fourth-order valence-electron chi connectivity index (χ4n) is 0.589. The number of hydrogen-bond donors (Lipinski definition) is 0. The van der Waals surface area contributed by atoms with Crippen molar-refractivity contribution in [3.8, 4) is 0 Å². The molecule has 0 aromatic heterocycles. The molecule has 0 heterocycles. The molecule has 0 bridgehead atoms. The van der Waals surface area contributed by atoms with Gasteiger partial charge in [-0.05, 0) is 12.3 Å². The van der Waals surface area contributed by atoms with E-state index in [-0.39, 0.29) is 0 Å². The average molecular weight is 143 g/mol. The summed E-state index contributed by atoms with van der Waals surface area (Å²) in [5, 5.41) is 0. The summed E-state index contributed by atoms with van der Waals surface area (Å²) in [4.78, 5) is 0. The molecule has 0 aliphatic heterocycles. The fourth-order valence-corrected chi connectivity index (χ4v) is 1.77. The van der Waals surface area contributed by atoms with Crippen LogP contribution in [0.1, 0.15) is 13.8 Å². The Bertz CT molecular complexity index is 69.1. The number of rotatable bonds is 3. The largest absolute Gasteiger partial charge is 0.0695 e. The first kappa shape index (κ1) is 9.22. The van der Waals surface area contributed by atoms with Crippen LogP contribution in [-0.4, -0.2) is 8.07 Å². The summed E-state index contributed by atoms with van der Waals surface area (Å²) in [5.74, 6) is 0.775. The third kappa shape index (κ3) is 8.22. The van der Waals surface area contributed by atoms with Crippen LogP contribution in [-0.2, 0) is 0 Å². The van der Waals surface area contributed by atoms with E-state index in [0.717, 1.165) is 5.92 Å². The molecule has 0 rings (SSSR count). The molecule has 0 saturated heterocycles. The van der Waals surface area contributed by atoms with Gasteiger partial charge in [-0.15, -0.1) is 0 Å². The smallest absolute Gasteiger partial charge is 0.0445 e. The van der Waals surface area contributed by atoms with Crippen molar-refractivity contribution in [1.29, 1.82) is 0 Å². The van der Waals surface area contributed by atoms with Gasteiger partial charge in [-0.2, -0.15) is 0 Å². The summed E-state index contributed by atoms with van der Waals surface area (Å²) in [6, 6.07) is 1.37. The van der Waals surface area contributed by atoms with E-state index >= 15 is 0 Å². The lowest BCUT2D eigenvalue weighted by atomic mass is 10.2. The highest BCUT2D eigenvalue weighted by atomic mass is 28.3. The zero-order chi connectivity index (χ0) is 7.49. The lowest BCUT2D eigenvalue weighted by Crippen LogP contribution is -2.19. The normalized spacial score (nSPS) is 12.7. The van der Waals surface area contributed by atoms with Gasteiger partial charge in [0.1, 0.15) is 0 Å². The van der Waals surface area contributed by atoms with Crippen molar-refractivity contribution in [2.45, 2.75) is 39.5 Å². The molecule has 55 valence electrons. The molecular formula is C8H19Si. The van der Waals surface area contributed by atoms with Crippen LogP contribution >= 0.6 is 0 Å². The van der Waals surface area contributed by atoms with E-state index in [1.54, 1.807) is 0 Å². The fraction of sp³-hybridized carbons (Fsp3) is 0.875. The second-order valence-corrected chi connectivity index (χ2v) is 9.77. The van der Waals surface area contributed by atoms with E-state index in [2.05, 4.69) is 39.9 Å². The van der Waals surface area contributed by atoms with Crippen LogP contribution in [0.2, 0.25) is 25.7 Å². The second-order valence-electron chi connectivity index (χ2n) is 4.24. The summed E-state index contributed by atoms with van der Waals surface area (Å²) >= 11 is 0. The molecule has 1 radical (unpaired) electrons. The highest BCUT2D eigenvalue weighted by Crippen LogP contribution is 2.14. The third-order valence-electron chi connectivity index (χ3n) is 1.20. The van der Waals surface area contributed by atoms with Crippen LogP contribution < -0.4 is 0 Å². The predicted octanol–water partition coefficient (Wildman–Crippen LogP) is 3.18. The maximum absolute atomic E-state index is 2.44. The van der Waals surface area contributed by atoms with Gasteiger partial charge in [0.2, 0.25) is 0 Å². The summed E-state index contributed by atoms with van der Waals surface area (Å²) in [6.07, 6.45) is 2.44. The maximum Gasteiger partial charge on any atom is 0.0445 e. The molecule has 0 aromatic carbocycles. The molecule has 0 aromatic rings. The minimum absolute atomic E-state index is 0.775. The summed E-state index contributed by atoms with van der Waals surface area (Å²) in [7, 11) is -0.776. The lowest BCUT2D eigenvalue weighted by molar-refractivity contribution is 0.757. The molecule has 0 saturated carbocycles. The monoisotopic (exact) mass is 143 g/mol. The van der Waals surface area contributed by atoms with E-state index in [1.165, 1.54) is 6.04 Å². The van der Waals surface area contributed by atoms with Crippen LogP contribution in [0.25, 0.3) is 0 Å². The Labute approximate surface area is 60.7 Å². The Kier molecular flexibility index (Phi) is 3.48. The first-order chi connectivity index (χ1) is 3.92. The molecule has 0 nitrogen and oxygen atoms in total. The Morgan fingerprint density at radius 1 is 1.22 bits per heavy atom. The quantitative estimate of drug-likeness (QED) is 0.532. The molecule has 0 aliphatic rings. The number of hydrogen-bond acceptors (Lipinski definition) is 0. The van der Waals surface area contributed by atoms with E-state index in [0.29, 0.717) is 0 Å².